The van der Waals surface area contributed by atoms with E-state index in [-0.39, 0.29) is 9.79 Å². The summed E-state index contributed by atoms with van der Waals surface area (Å²) in [5.41, 5.74) is 17.0. The van der Waals surface area contributed by atoms with Gasteiger partial charge in [-0.05, 0) is 81.9 Å². The Labute approximate surface area is 209 Å². The Balaban J connectivity index is 2.07. The second-order valence-electron chi connectivity index (χ2n) is 7.99. The zero-order valence-corrected chi connectivity index (χ0v) is 20.4. The fraction of sp³-hybridized carbons (Fsp3) is 0. The van der Waals surface area contributed by atoms with Crippen LogP contribution in [0.2, 0.25) is 0 Å². The van der Waals surface area contributed by atoms with Crippen LogP contribution in [0.4, 0.5) is 11.4 Å². The molecule has 4 rings (SSSR count). The largest absolute Gasteiger partial charge is 0.399 e. The molecular weight excluding hydrogens is 500 g/mol. The van der Waals surface area contributed by atoms with Crippen LogP contribution in [0.5, 0.6) is 0 Å². The molecule has 0 aliphatic rings. The van der Waals surface area contributed by atoms with Gasteiger partial charge in [0.15, 0.2) is 0 Å². The third-order valence-corrected chi connectivity index (χ3v) is 7.27. The van der Waals surface area contributed by atoms with Crippen LogP contribution in [0.1, 0.15) is 22.3 Å². The Morgan fingerprint density at radius 1 is 0.444 bits per heavy atom. The van der Waals surface area contributed by atoms with E-state index in [2.05, 4.69) is 0 Å². The Kier molecular flexibility index (Phi) is 6.70. The van der Waals surface area contributed by atoms with E-state index in [4.69, 9.17) is 11.5 Å². The van der Waals surface area contributed by atoms with Crippen molar-refractivity contribution < 1.29 is 25.9 Å². The zero-order valence-electron chi connectivity index (χ0n) is 18.7. The molecule has 0 aliphatic carbocycles. The van der Waals surface area contributed by atoms with Gasteiger partial charge in [-0.2, -0.15) is 16.8 Å². The van der Waals surface area contributed by atoms with Crippen LogP contribution in [-0.2, 0) is 20.2 Å². The second kappa shape index (κ2) is 9.59. The molecule has 0 amide bonds. The maximum Gasteiger partial charge on any atom is 0.294 e. The molecule has 0 saturated carbocycles. The number of hydrogen-bond acceptors (Lipinski definition) is 6. The van der Waals surface area contributed by atoms with Crippen molar-refractivity contribution in [3.05, 3.63) is 119 Å². The van der Waals surface area contributed by atoms with E-state index in [0.717, 1.165) is 11.1 Å². The second-order valence-corrected chi connectivity index (χ2v) is 10.8. The van der Waals surface area contributed by atoms with Gasteiger partial charge in [0.05, 0.1) is 9.79 Å². The first kappa shape index (κ1) is 25.1. The van der Waals surface area contributed by atoms with Gasteiger partial charge >= 0.3 is 0 Å². The summed E-state index contributed by atoms with van der Waals surface area (Å²) in [6, 6.07) is 25.6. The monoisotopic (exact) mass is 522 g/mol. The van der Waals surface area contributed by atoms with E-state index in [1.165, 1.54) is 24.3 Å². The van der Waals surface area contributed by atoms with Crippen molar-refractivity contribution in [2.24, 2.45) is 0 Å². The number of anilines is 2. The summed E-state index contributed by atoms with van der Waals surface area (Å²) in [5, 5.41) is 0. The molecule has 0 spiro atoms. The topological polar surface area (TPSA) is 161 Å². The average Bonchev–Trinajstić information content (AvgIpc) is 2.83. The predicted octanol–water partition coefficient (Wildman–Crippen LogP) is 4.35. The van der Waals surface area contributed by atoms with Crippen LogP contribution in [0.3, 0.4) is 0 Å². The number of benzene rings is 4. The van der Waals surface area contributed by atoms with Crippen molar-refractivity contribution in [3.63, 3.8) is 0 Å². The molecule has 0 aromatic heterocycles. The maximum absolute atomic E-state index is 11.6. The van der Waals surface area contributed by atoms with E-state index in [0.29, 0.717) is 33.6 Å². The summed E-state index contributed by atoms with van der Waals surface area (Å²) >= 11 is 0. The van der Waals surface area contributed by atoms with Gasteiger partial charge < -0.3 is 11.5 Å². The summed E-state index contributed by atoms with van der Waals surface area (Å²) in [7, 11) is -8.78. The molecule has 8 nitrogen and oxygen atoms in total. The molecule has 10 heteroatoms. The van der Waals surface area contributed by atoms with Crippen LogP contribution in [-0.4, -0.2) is 25.9 Å². The van der Waals surface area contributed by atoms with Gasteiger partial charge in [-0.3, -0.25) is 9.11 Å². The van der Waals surface area contributed by atoms with Crippen molar-refractivity contribution in [2.45, 2.75) is 9.79 Å². The highest BCUT2D eigenvalue weighted by Gasteiger charge is 2.19. The lowest BCUT2D eigenvalue weighted by atomic mass is 9.85. The SMILES string of the molecule is Nc1ccc(/C(=C(/c2ccc(N)cc2)c2ccc(S(=O)(=O)O)cc2)c2ccc(S(=O)(=O)O)cc2)cc1. The molecule has 0 radical (unpaired) electrons. The quantitative estimate of drug-likeness (QED) is 0.165. The van der Waals surface area contributed by atoms with Crippen molar-refractivity contribution in [2.75, 3.05) is 11.5 Å². The minimum Gasteiger partial charge on any atom is -0.399 e. The lowest BCUT2D eigenvalue weighted by molar-refractivity contribution is 0.481. The molecule has 4 aromatic rings. The van der Waals surface area contributed by atoms with Gasteiger partial charge in [-0.15, -0.1) is 0 Å². The zero-order chi connectivity index (χ0) is 26.1. The average molecular weight is 523 g/mol. The summed E-state index contributed by atoms with van der Waals surface area (Å²) in [5.74, 6) is 0. The first-order valence-electron chi connectivity index (χ1n) is 10.6. The van der Waals surface area contributed by atoms with Crippen LogP contribution >= 0.6 is 0 Å². The van der Waals surface area contributed by atoms with Crippen molar-refractivity contribution in [1.82, 2.24) is 0 Å². The smallest absolute Gasteiger partial charge is 0.294 e. The lowest BCUT2D eigenvalue weighted by Gasteiger charge is -2.19. The first-order chi connectivity index (χ1) is 16.9. The fourth-order valence-electron chi connectivity index (χ4n) is 3.80. The highest BCUT2D eigenvalue weighted by molar-refractivity contribution is 7.86. The minimum absolute atomic E-state index is 0.255. The normalized spacial score (nSPS) is 12.7. The standard InChI is InChI=1S/C26H22N2O6S2/c27-21-9-1-17(2-10-21)25(19-5-13-23(14-6-19)35(29,30)31)26(18-3-11-22(28)12-4-18)20-7-15-24(16-8-20)36(32,33)34/h1-16H,27-28H2,(H,29,30,31)(H,32,33,34)/b26-25+. The van der Waals surface area contributed by atoms with Gasteiger partial charge in [0.1, 0.15) is 0 Å². The van der Waals surface area contributed by atoms with Gasteiger partial charge in [-0.25, -0.2) is 0 Å². The number of nitrogen functional groups attached to an aromatic ring is 2. The van der Waals surface area contributed by atoms with Crippen LogP contribution in [0, 0.1) is 0 Å². The lowest BCUT2D eigenvalue weighted by Crippen LogP contribution is -2.02. The van der Waals surface area contributed by atoms with Gasteiger partial charge in [0, 0.05) is 11.4 Å². The van der Waals surface area contributed by atoms with E-state index < -0.39 is 20.2 Å². The maximum atomic E-state index is 11.6. The summed E-state index contributed by atoms with van der Waals surface area (Å²) in [6.45, 7) is 0. The molecule has 36 heavy (non-hydrogen) atoms. The van der Waals surface area contributed by atoms with E-state index in [9.17, 15) is 25.9 Å². The first-order valence-corrected chi connectivity index (χ1v) is 13.4. The fourth-order valence-corrected chi connectivity index (χ4v) is 4.76. The Morgan fingerprint density at radius 2 is 0.667 bits per heavy atom. The molecule has 0 heterocycles. The van der Waals surface area contributed by atoms with Gasteiger partial charge in [0.25, 0.3) is 20.2 Å². The van der Waals surface area contributed by atoms with Crippen molar-refractivity contribution >= 4 is 42.8 Å². The van der Waals surface area contributed by atoms with Crippen molar-refractivity contribution in [1.29, 1.82) is 0 Å². The predicted molar refractivity (Wildman–Crippen MR) is 139 cm³/mol. The highest BCUT2D eigenvalue weighted by atomic mass is 32.2. The molecular formula is C26H22N2O6S2. The van der Waals surface area contributed by atoms with Gasteiger partial charge in [0.2, 0.25) is 0 Å². The highest BCUT2D eigenvalue weighted by Crippen LogP contribution is 2.38. The summed E-state index contributed by atoms with van der Waals surface area (Å²) in [4.78, 5) is -0.510. The Morgan fingerprint density at radius 3 is 0.889 bits per heavy atom. The number of hydrogen-bond donors (Lipinski definition) is 4. The van der Waals surface area contributed by atoms with Crippen molar-refractivity contribution in [3.8, 4) is 0 Å². The van der Waals surface area contributed by atoms with Crippen LogP contribution in [0.25, 0.3) is 11.1 Å². The molecule has 0 saturated heterocycles. The Hall–Kier alpha value is -3.96. The molecule has 0 bridgehead atoms. The van der Waals surface area contributed by atoms with Gasteiger partial charge in [-0.1, -0.05) is 48.5 Å². The minimum atomic E-state index is -4.39. The molecule has 0 atom stereocenters. The molecule has 4 aromatic carbocycles. The summed E-state index contributed by atoms with van der Waals surface area (Å²) < 4.78 is 65.2. The summed E-state index contributed by atoms with van der Waals surface area (Å²) in [6.07, 6.45) is 0. The van der Waals surface area contributed by atoms with E-state index >= 15 is 0 Å². The van der Waals surface area contributed by atoms with Crippen LogP contribution in [0.15, 0.2) is 107 Å². The molecule has 0 aliphatic heterocycles. The molecule has 6 N–H and O–H groups in total. The van der Waals surface area contributed by atoms with Crippen LogP contribution < -0.4 is 11.5 Å². The Bertz CT molecular complexity index is 1520. The molecule has 184 valence electrons. The number of nitrogens with two attached hydrogens (primary N) is 2. The third-order valence-electron chi connectivity index (χ3n) is 5.53. The molecule has 0 unspecified atom stereocenters. The number of rotatable bonds is 6. The van der Waals surface area contributed by atoms with E-state index in [1.807, 2.05) is 24.3 Å². The third kappa shape index (κ3) is 5.47. The van der Waals surface area contributed by atoms with E-state index in [1.54, 1.807) is 48.5 Å². The molecule has 0 fully saturated rings.